The monoisotopic (exact) mass is 382 g/mol. The van der Waals surface area contributed by atoms with E-state index in [4.69, 9.17) is 4.74 Å². The van der Waals surface area contributed by atoms with Gasteiger partial charge in [0, 0.05) is 17.8 Å². The van der Waals surface area contributed by atoms with Gasteiger partial charge in [0.15, 0.2) is 0 Å². The molecule has 0 saturated carbocycles. The zero-order valence-corrected chi connectivity index (χ0v) is 15.4. The van der Waals surface area contributed by atoms with Crippen molar-refractivity contribution in [1.82, 2.24) is 10.6 Å². The number of urea groups is 1. The minimum atomic E-state index is -1.16. The predicted molar refractivity (Wildman–Crippen MR) is 95.3 cm³/mol. The van der Waals surface area contributed by atoms with Gasteiger partial charge < -0.3 is 25.4 Å². The number of benzene rings is 1. The van der Waals surface area contributed by atoms with Crippen molar-refractivity contribution in [2.24, 2.45) is 0 Å². The van der Waals surface area contributed by atoms with Crippen LogP contribution in [-0.2, 0) is 14.3 Å². The number of nitro groups is 1. The van der Waals surface area contributed by atoms with E-state index in [0.717, 1.165) is 7.11 Å². The maximum atomic E-state index is 11.9. The molecule has 1 rings (SSSR count). The van der Waals surface area contributed by atoms with Crippen LogP contribution in [-0.4, -0.2) is 48.3 Å². The van der Waals surface area contributed by atoms with Gasteiger partial charge in [0.2, 0.25) is 0 Å². The van der Waals surface area contributed by atoms with Crippen LogP contribution in [0, 0.1) is 10.1 Å². The molecule has 148 valence electrons. The molecule has 0 fully saturated rings. The van der Waals surface area contributed by atoms with Gasteiger partial charge in [0.25, 0.3) is 5.69 Å². The van der Waals surface area contributed by atoms with Gasteiger partial charge in [-0.05, 0) is 32.9 Å². The smallest absolute Gasteiger partial charge is 0.408 e. The molecule has 0 radical (unpaired) electrons. The Balaban J connectivity index is 2.61. The number of rotatable bonds is 6. The van der Waals surface area contributed by atoms with Crippen LogP contribution in [0.5, 0.6) is 0 Å². The molecule has 1 aromatic rings. The minimum Gasteiger partial charge on any atom is -0.467 e. The Morgan fingerprint density at radius 3 is 2.26 bits per heavy atom. The highest BCUT2D eigenvalue weighted by Gasteiger charge is 2.25. The van der Waals surface area contributed by atoms with Crippen LogP contribution in [0.4, 0.5) is 21.0 Å². The van der Waals surface area contributed by atoms with E-state index in [0.29, 0.717) is 5.69 Å². The van der Waals surface area contributed by atoms with Gasteiger partial charge in [-0.25, -0.2) is 14.4 Å². The Hall–Kier alpha value is -3.37. The Kier molecular flexibility index (Phi) is 7.51. The molecule has 1 aromatic carbocycles. The number of amides is 3. The Morgan fingerprint density at radius 2 is 1.78 bits per heavy atom. The largest absolute Gasteiger partial charge is 0.467 e. The molecule has 11 heteroatoms. The van der Waals surface area contributed by atoms with Crippen molar-refractivity contribution >= 4 is 29.5 Å². The van der Waals surface area contributed by atoms with E-state index < -0.39 is 34.7 Å². The third-order valence-electron chi connectivity index (χ3n) is 2.98. The third kappa shape index (κ3) is 8.03. The van der Waals surface area contributed by atoms with Crippen molar-refractivity contribution in [2.75, 3.05) is 19.0 Å². The van der Waals surface area contributed by atoms with Gasteiger partial charge in [0.1, 0.15) is 11.6 Å². The summed E-state index contributed by atoms with van der Waals surface area (Å²) in [6.45, 7) is 4.73. The number of hydrogen-bond donors (Lipinski definition) is 3. The van der Waals surface area contributed by atoms with Crippen molar-refractivity contribution in [3.05, 3.63) is 34.4 Å². The second-order valence-corrected chi connectivity index (χ2v) is 6.36. The number of carbonyl (C=O) groups is 3. The van der Waals surface area contributed by atoms with Crippen LogP contribution in [0.15, 0.2) is 24.3 Å². The number of non-ortho nitro benzene ring substituents is 1. The molecular formula is C16H22N4O7. The molecule has 3 amide bonds. The van der Waals surface area contributed by atoms with E-state index in [1.54, 1.807) is 20.8 Å². The summed E-state index contributed by atoms with van der Waals surface area (Å²) in [5, 5.41) is 17.7. The number of alkyl carbamates (subject to hydrolysis) is 1. The summed E-state index contributed by atoms with van der Waals surface area (Å²) in [7, 11) is 1.14. The lowest BCUT2D eigenvalue weighted by Gasteiger charge is -2.22. The summed E-state index contributed by atoms with van der Waals surface area (Å²) < 4.78 is 9.64. The molecular weight excluding hydrogens is 360 g/mol. The molecule has 1 atom stereocenters. The zero-order valence-electron chi connectivity index (χ0n) is 15.4. The maximum Gasteiger partial charge on any atom is 0.408 e. The summed E-state index contributed by atoms with van der Waals surface area (Å²) in [4.78, 5) is 45.5. The quantitative estimate of drug-likeness (QED) is 0.386. The lowest BCUT2D eigenvalue weighted by Crippen LogP contribution is -2.50. The summed E-state index contributed by atoms with van der Waals surface area (Å²) in [6, 6.07) is 3.34. The first-order valence-corrected chi connectivity index (χ1v) is 7.88. The molecule has 0 aliphatic rings. The lowest BCUT2D eigenvalue weighted by molar-refractivity contribution is -0.384. The molecule has 0 saturated heterocycles. The molecule has 0 aromatic heterocycles. The standard InChI is InChI=1S/C16H22N4O7/c1-16(2,3)27-15(23)19-12(13(21)26-4)9-17-14(22)18-10-5-7-11(8-6-10)20(24)25/h5-8,12H,9H2,1-4H3,(H,19,23)(H2,17,18,22)/t12-/m0/s1. The number of nitro benzene ring substituents is 1. The van der Waals surface area contributed by atoms with Gasteiger partial charge in [-0.1, -0.05) is 0 Å². The first-order chi connectivity index (χ1) is 12.5. The fourth-order valence-electron chi connectivity index (χ4n) is 1.82. The normalized spacial score (nSPS) is 11.7. The van der Waals surface area contributed by atoms with Crippen LogP contribution < -0.4 is 16.0 Å². The highest BCUT2D eigenvalue weighted by atomic mass is 16.6. The highest BCUT2D eigenvalue weighted by molar-refractivity contribution is 5.90. The molecule has 0 spiro atoms. The Bertz CT molecular complexity index is 698. The third-order valence-corrected chi connectivity index (χ3v) is 2.98. The van der Waals surface area contributed by atoms with Gasteiger partial charge in [-0.2, -0.15) is 0 Å². The van der Waals surface area contributed by atoms with Crippen molar-refractivity contribution in [3.8, 4) is 0 Å². The second-order valence-electron chi connectivity index (χ2n) is 6.36. The summed E-state index contributed by atoms with van der Waals surface area (Å²) in [6.07, 6.45) is -0.838. The van der Waals surface area contributed by atoms with E-state index in [1.165, 1.54) is 24.3 Å². The van der Waals surface area contributed by atoms with Crippen LogP contribution in [0.2, 0.25) is 0 Å². The average Bonchev–Trinajstić information content (AvgIpc) is 2.56. The van der Waals surface area contributed by atoms with E-state index in [1.807, 2.05) is 0 Å². The van der Waals surface area contributed by atoms with Gasteiger partial charge in [-0.15, -0.1) is 0 Å². The fourth-order valence-corrected chi connectivity index (χ4v) is 1.82. The number of anilines is 1. The van der Waals surface area contributed by atoms with Crippen LogP contribution in [0.3, 0.4) is 0 Å². The minimum absolute atomic E-state index is 0.117. The Morgan fingerprint density at radius 1 is 1.19 bits per heavy atom. The Labute approximate surface area is 155 Å². The number of nitrogens with one attached hydrogen (secondary N) is 3. The molecule has 27 heavy (non-hydrogen) atoms. The van der Waals surface area contributed by atoms with E-state index >= 15 is 0 Å². The molecule has 0 unspecified atom stereocenters. The maximum absolute atomic E-state index is 11.9. The zero-order chi connectivity index (χ0) is 20.6. The van der Waals surface area contributed by atoms with Gasteiger partial charge in [0.05, 0.1) is 18.6 Å². The summed E-state index contributed by atoms with van der Waals surface area (Å²) in [5.41, 5.74) is -0.563. The molecule has 3 N–H and O–H groups in total. The second kappa shape index (κ2) is 9.36. The number of methoxy groups -OCH3 is 1. The number of nitrogens with zero attached hydrogens (tertiary/aromatic N) is 1. The SMILES string of the molecule is COC(=O)[C@H](CNC(=O)Nc1ccc([N+](=O)[O-])cc1)NC(=O)OC(C)(C)C. The van der Waals surface area contributed by atoms with Crippen molar-refractivity contribution in [2.45, 2.75) is 32.4 Å². The van der Waals surface area contributed by atoms with Crippen molar-refractivity contribution in [1.29, 1.82) is 0 Å². The van der Waals surface area contributed by atoms with Crippen LogP contribution in [0.25, 0.3) is 0 Å². The predicted octanol–water partition coefficient (Wildman–Crippen LogP) is 1.78. The number of ether oxygens (including phenoxy) is 2. The van der Waals surface area contributed by atoms with E-state index in [9.17, 15) is 24.5 Å². The fraction of sp³-hybridized carbons (Fsp3) is 0.438. The number of hydrogen-bond acceptors (Lipinski definition) is 7. The highest BCUT2D eigenvalue weighted by Crippen LogP contribution is 2.15. The van der Waals surface area contributed by atoms with E-state index in [2.05, 4.69) is 20.7 Å². The topological polar surface area (TPSA) is 149 Å². The summed E-state index contributed by atoms with van der Waals surface area (Å²) in [5.74, 6) is -0.767. The van der Waals surface area contributed by atoms with E-state index in [-0.39, 0.29) is 12.2 Å². The molecule has 0 aliphatic carbocycles. The van der Waals surface area contributed by atoms with Crippen molar-refractivity contribution < 1.29 is 28.8 Å². The molecule has 0 heterocycles. The van der Waals surface area contributed by atoms with Gasteiger partial charge in [-0.3, -0.25) is 10.1 Å². The van der Waals surface area contributed by atoms with Gasteiger partial charge >= 0.3 is 18.1 Å². The van der Waals surface area contributed by atoms with Crippen LogP contribution >= 0.6 is 0 Å². The average molecular weight is 382 g/mol. The number of carbonyl (C=O) groups excluding carboxylic acids is 3. The first-order valence-electron chi connectivity index (χ1n) is 7.88. The first kappa shape index (κ1) is 21.7. The summed E-state index contributed by atoms with van der Waals surface area (Å²) >= 11 is 0. The number of esters is 1. The molecule has 0 bridgehead atoms. The molecule has 11 nitrogen and oxygen atoms in total. The van der Waals surface area contributed by atoms with Crippen LogP contribution in [0.1, 0.15) is 20.8 Å². The van der Waals surface area contributed by atoms with Crippen molar-refractivity contribution in [3.63, 3.8) is 0 Å². The lowest BCUT2D eigenvalue weighted by atomic mass is 10.2. The molecule has 0 aliphatic heterocycles.